The highest BCUT2D eigenvalue weighted by Crippen LogP contribution is 2.39. The monoisotopic (exact) mass is 361 g/mol. The minimum atomic E-state index is -0.996. The lowest BCUT2D eigenvalue weighted by Gasteiger charge is -2.34. The maximum Gasteiger partial charge on any atom is 0.165 e. The molecule has 0 amide bonds. The Bertz CT molecular complexity index is 743. The SMILES string of the molecule is CCC(CC)Nc1nc([C@]2(O)CCC[C@@H](C)C2)nc2c1ncn2CCO. The molecule has 2 heterocycles. The molecule has 3 N–H and O–H groups in total. The van der Waals surface area contributed by atoms with E-state index in [1.54, 1.807) is 6.33 Å². The molecule has 1 saturated carbocycles. The summed E-state index contributed by atoms with van der Waals surface area (Å²) in [5.74, 6) is 1.61. The van der Waals surface area contributed by atoms with Crippen LogP contribution in [0.5, 0.6) is 0 Å². The van der Waals surface area contributed by atoms with Crippen molar-refractivity contribution in [2.75, 3.05) is 11.9 Å². The van der Waals surface area contributed by atoms with Crippen LogP contribution in [-0.2, 0) is 12.1 Å². The zero-order valence-electron chi connectivity index (χ0n) is 16.1. The second-order valence-electron chi connectivity index (χ2n) is 7.62. The first-order chi connectivity index (χ1) is 12.5. The first-order valence-corrected chi connectivity index (χ1v) is 9.83. The minimum absolute atomic E-state index is 0.0153. The summed E-state index contributed by atoms with van der Waals surface area (Å²) in [6.07, 6.45) is 7.12. The zero-order chi connectivity index (χ0) is 18.7. The molecule has 2 atom stereocenters. The summed E-state index contributed by atoms with van der Waals surface area (Å²) < 4.78 is 1.83. The summed E-state index contributed by atoms with van der Waals surface area (Å²) in [4.78, 5) is 13.9. The molecule has 7 nitrogen and oxygen atoms in total. The normalized spacial score (nSPS) is 23.7. The number of hydrogen-bond acceptors (Lipinski definition) is 6. The molecule has 26 heavy (non-hydrogen) atoms. The fourth-order valence-electron chi connectivity index (χ4n) is 3.94. The molecule has 0 radical (unpaired) electrons. The van der Waals surface area contributed by atoms with Crippen LogP contribution in [0.4, 0.5) is 5.82 Å². The molecule has 3 rings (SSSR count). The second-order valence-corrected chi connectivity index (χ2v) is 7.62. The highest BCUT2D eigenvalue weighted by atomic mass is 16.3. The van der Waals surface area contributed by atoms with Gasteiger partial charge in [0.1, 0.15) is 11.1 Å². The average molecular weight is 361 g/mol. The van der Waals surface area contributed by atoms with Crippen molar-refractivity contribution in [3.05, 3.63) is 12.2 Å². The van der Waals surface area contributed by atoms with Gasteiger partial charge in [0.25, 0.3) is 0 Å². The quantitative estimate of drug-likeness (QED) is 0.702. The third-order valence-corrected chi connectivity index (χ3v) is 5.52. The van der Waals surface area contributed by atoms with Crippen LogP contribution >= 0.6 is 0 Å². The van der Waals surface area contributed by atoms with Gasteiger partial charge in [0.2, 0.25) is 0 Å². The molecule has 0 saturated heterocycles. The van der Waals surface area contributed by atoms with Gasteiger partial charge in [-0.3, -0.25) is 0 Å². The Hall–Kier alpha value is -1.73. The number of aromatic nitrogens is 4. The summed E-state index contributed by atoms with van der Waals surface area (Å²) in [5, 5.41) is 24.1. The van der Waals surface area contributed by atoms with Gasteiger partial charge in [-0.1, -0.05) is 27.2 Å². The molecule has 2 aromatic rings. The molecule has 0 aromatic carbocycles. The van der Waals surface area contributed by atoms with E-state index < -0.39 is 5.60 Å². The number of aliphatic hydroxyl groups excluding tert-OH is 1. The van der Waals surface area contributed by atoms with Gasteiger partial charge < -0.3 is 20.1 Å². The van der Waals surface area contributed by atoms with Gasteiger partial charge in [0.15, 0.2) is 17.3 Å². The van der Waals surface area contributed by atoms with Gasteiger partial charge in [-0.05, 0) is 38.0 Å². The topological polar surface area (TPSA) is 96.1 Å². The maximum absolute atomic E-state index is 11.3. The van der Waals surface area contributed by atoms with Crippen molar-refractivity contribution in [2.45, 2.75) is 77.5 Å². The predicted octanol–water partition coefficient (Wildman–Crippen LogP) is 2.82. The summed E-state index contributed by atoms with van der Waals surface area (Å²) >= 11 is 0. The second kappa shape index (κ2) is 7.88. The zero-order valence-corrected chi connectivity index (χ0v) is 16.1. The Labute approximate surface area is 154 Å². The lowest BCUT2D eigenvalue weighted by molar-refractivity contribution is -0.0253. The molecule has 0 spiro atoms. The molecular formula is C19H31N5O2. The van der Waals surface area contributed by atoms with E-state index in [-0.39, 0.29) is 6.61 Å². The van der Waals surface area contributed by atoms with E-state index in [9.17, 15) is 10.2 Å². The fraction of sp³-hybridized carbons (Fsp3) is 0.737. The number of hydrogen-bond donors (Lipinski definition) is 3. The first-order valence-electron chi connectivity index (χ1n) is 9.83. The van der Waals surface area contributed by atoms with E-state index in [0.29, 0.717) is 54.2 Å². The molecule has 0 bridgehead atoms. The van der Waals surface area contributed by atoms with Crippen LogP contribution in [0.1, 0.15) is 65.1 Å². The van der Waals surface area contributed by atoms with Crippen molar-refractivity contribution >= 4 is 17.0 Å². The summed E-state index contributed by atoms with van der Waals surface area (Å²) in [6.45, 7) is 6.89. The third-order valence-electron chi connectivity index (χ3n) is 5.52. The van der Waals surface area contributed by atoms with Crippen LogP contribution < -0.4 is 5.32 Å². The third kappa shape index (κ3) is 3.69. The van der Waals surface area contributed by atoms with Crippen molar-refractivity contribution in [1.82, 2.24) is 19.5 Å². The molecule has 1 fully saturated rings. The van der Waals surface area contributed by atoms with Crippen LogP contribution in [-0.4, -0.2) is 42.4 Å². The summed E-state index contributed by atoms with van der Waals surface area (Å²) in [7, 11) is 0. The molecule has 144 valence electrons. The minimum Gasteiger partial charge on any atom is -0.395 e. The Morgan fingerprint density at radius 1 is 1.35 bits per heavy atom. The predicted molar refractivity (Wildman–Crippen MR) is 102 cm³/mol. The van der Waals surface area contributed by atoms with Crippen LogP contribution in [0.25, 0.3) is 11.2 Å². The number of anilines is 1. The molecule has 0 unspecified atom stereocenters. The van der Waals surface area contributed by atoms with E-state index in [4.69, 9.17) is 9.97 Å². The largest absolute Gasteiger partial charge is 0.395 e. The molecule has 7 heteroatoms. The number of aliphatic hydroxyl groups is 2. The number of nitrogens with zero attached hydrogens (tertiary/aromatic N) is 4. The standard InChI is InChI=1S/C19H31N5O2/c1-4-14(5-2)21-16-15-17(24(9-10-25)12-20-15)23-18(22-16)19(26)8-6-7-13(3)11-19/h12-14,25-26H,4-11H2,1-3H3,(H,21,22,23)/t13-,19+/m1/s1. The Kier molecular flexibility index (Phi) is 5.77. The van der Waals surface area contributed by atoms with Crippen molar-refractivity contribution in [2.24, 2.45) is 5.92 Å². The highest BCUT2D eigenvalue weighted by Gasteiger charge is 2.38. The van der Waals surface area contributed by atoms with Crippen molar-refractivity contribution in [3.63, 3.8) is 0 Å². The summed E-state index contributed by atoms with van der Waals surface area (Å²) in [5.41, 5.74) is 0.371. The lowest BCUT2D eigenvalue weighted by Crippen LogP contribution is -2.34. The molecular weight excluding hydrogens is 330 g/mol. The Morgan fingerprint density at radius 3 is 2.77 bits per heavy atom. The fourth-order valence-corrected chi connectivity index (χ4v) is 3.94. The van der Waals surface area contributed by atoms with Gasteiger partial charge in [0, 0.05) is 12.6 Å². The van der Waals surface area contributed by atoms with Crippen LogP contribution in [0.15, 0.2) is 6.33 Å². The first kappa shape index (κ1) is 19.0. The van der Waals surface area contributed by atoms with E-state index in [2.05, 4.69) is 31.1 Å². The van der Waals surface area contributed by atoms with Gasteiger partial charge >= 0.3 is 0 Å². The van der Waals surface area contributed by atoms with Crippen LogP contribution in [0.3, 0.4) is 0 Å². The highest BCUT2D eigenvalue weighted by molar-refractivity contribution is 5.83. The number of rotatable bonds is 7. The van der Waals surface area contributed by atoms with Crippen LogP contribution in [0.2, 0.25) is 0 Å². The van der Waals surface area contributed by atoms with Crippen LogP contribution in [0, 0.1) is 5.92 Å². The van der Waals surface area contributed by atoms with Crippen molar-refractivity contribution in [3.8, 4) is 0 Å². The Balaban J connectivity index is 2.09. The number of nitrogens with one attached hydrogen (secondary N) is 1. The van der Waals surface area contributed by atoms with Gasteiger partial charge in [-0.25, -0.2) is 15.0 Å². The molecule has 1 aliphatic carbocycles. The molecule has 1 aliphatic rings. The molecule has 2 aromatic heterocycles. The Morgan fingerprint density at radius 2 is 2.12 bits per heavy atom. The van der Waals surface area contributed by atoms with E-state index >= 15 is 0 Å². The van der Waals surface area contributed by atoms with Crippen molar-refractivity contribution < 1.29 is 10.2 Å². The van der Waals surface area contributed by atoms with Gasteiger partial charge in [-0.2, -0.15) is 0 Å². The average Bonchev–Trinajstić information content (AvgIpc) is 3.03. The smallest absolute Gasteiger partial charge is 0.165 e. The number of fused-ring (bicyclic) bond motifs is 1. The molecule has 0 aliphatic heterocycles. The van der Waals surface area contributed by atoms with Gasteiger partial charge in [-0.15, -0.1) is 0 Å². The van der Waals surface area contributed by atoms with E-state index in [1.165, 1.54) is 0 Å². The maximum atomic E-state index is 11.3. The number of imidazole rings is 1. The van der Waals surface area contributed by atoms with Crippen molar-refractivity contribution in [1.29, 1.82) is 0 Å². The van der Waals surface area contributed by atoms with Gasteiger partial charge in [0.05, 0.1) is 12.9 Å². The van der Waals surface area contributed by atoms with E-state index in [1.807, 2.05) is 4.57 Å². The summed E-state index contributed by atoms with van der Waals surface area (Å²) in [6, 6.07) is 0.295. The lowest BCUT2D eigenvalue weighted by atomic mass is 9.78. The van der Waals surface area contributed by atoms with E-state index in [0.717, 1.165) is 25.7 Å².